The Labute approximate surface area is 268 Å². The predicted molar refractivity (Wildman–Crippen MR) is 185 cm³/mol. The fourth-order valence-electron chi connectivity index (χ4n) is 6.87. The molecule has 4 aromatic carbocycles. The maximum Gasteiger partial charge on any atom is 0.340 e. The average Bonchev–Trinajstić information content (AvgIpc) is 3.23. The van der Waals surface area contributed by atoms with Crippen LogP contribution in [0.4, 0.5) is 17.1 Å². The summed E-state index contributed by atoms with van der Waals surface area (Å²) >= 11 is 0. The number of nitrogens with zero attached hydrogens (tertiary/aromatic N) is 1. The molecule has 45 heavy (non-hydrogen) atoms. The van der Waals surface area contributed by atoms with Gasteiger partial charge in [0.25, 0.3) is 0 Å². The van der Waals surface area contributed by atoms with Crippen LogP contribution in [0.15, 0.2) is 72.8 Å². The molecular weight excluding hydrogens is 556 g/mol. The van der Waals surface area contributed by atoms with Crippen LogP contribution in [-0.2, 0) is 26.6 Å². The molecule has 0 aliphatic carbocycles. The van der Waals surface area contributed by atoms with Gasteiger partial charge in [0.2, 0.25) is 0 Å². The van der Waals surface area contributed by atoms with Gasteiger partial charge in [-0.15, -0.1) is 0 Å². The zero-order valence-electron chi connectivity index (χ0n) is 28.6. The minimum absolute atomic E-state index is 0.152. The van der Waals surface area contributed by atoms with Crippen molar-refractivity contribution in [1.29, 1.82) is 0 Å². The summed E-state index contributed by atoms with van der Waals surface area (Å²) in [6, 6.07) is 24.7. The van der Waals surface area contributed by atoms with Crippen LogP contribution in [0.25, 0.3) is 0 Å². The maximum absolute atomic E-state index is 13.7. The van der Waals surface area contributed by atoms with Crippen LogP contribution in [0.3, 0.4) is 0 Å². The van der Waals surface area contributed by atoms with Gasteiger partial charge in [-0.3, -0.25) is 0 Å². The molecule has 0 radical (unpaired) electrons. The van der Waals surface area contributed by atoms with Gasteiger partial charge in [-0.1, -0.05) is 86.6 Å². The summed E-state index contributed by atoms with van der Waals surface area (Å²) in [7, 11) is 4.07. The van der Waals surface area contributed by atoms with E-state index in [-0.39, 0.29) is 22.2 Å². The van der Waals surface area contributed by atoms with Gasteiger partial charge in [0.15, 0.2) is 5.60 Å². The van der Waals surface area contributed by atoms with Crippen molar-refractivity contribution in [1.82, 2.24) is 0 Å². The van der Waals surface area contributed by atoms with E-state index >= 15 is 0 Å². The van der Waals surface area contributed by atoms with Gasteiger partial charge in [0, 0.05) is 53.9 Å². The van der Waals surface area contributed by atoms with E-state index in [0.29, 0.717) is 11.3 Å². The largest absolute Gasteiger partial charge is 0.456 e. The maximum atomic E-state index is 13.7. The summed E-state index contributed by atoms with van der Waals surface area (Å²) < 4.78 is 13.8. The van der Waals surface area contributed by atoms with Crippen molar-refractivity contribution in [3.8, 4) is 11.5 Å². The van der Waals surface area contributed by atoms with Crippen LogP contribution in [0.5, 0.6) is 11.5 Å². The molecule has 2 aliphatic rings. The standard InChI is InChI=1S/C40H46N2O3/c1-37(2,3)30-23-31(38(4,5)6)34-35(33(30)39(7,8)9)44-32-22-25(41-24-16-19-26(20-17-24)42(10)11)18-21-29(32)40(34)28-15-13-12-14-27(28)36(43)45-40/h12-23,41H,1-11H3. The molecule has 0 amide bonds. The molecule has 1 N–H and O–H groups in total. The molecule has 5 heteroatoms. The molecule has 234 valence electrons. The van der Waals surface area contributed by atoms with Gasteiger partial charge in [-0.25, -0.2) is 4.79 Å². The molecule has 0 aromatic heterocycles. The first-order valence-electron chi connectivity index (χ1n) is 15.9. The van der Waals surface area contributed by atoms with Gasteiger partial charge < -0.3 is 19.7 Å². The third-order valence-corrected chi connectivity index (χ3v) is 9.02. The first-order valence-corrected chi connectivity index (χ1v) is 15.9. The van der Waals surface area contributed by atoms with Crippen LogP contribution in [0.1, 0.15) is 106 Å². The number of ether oxygens (including phenoxy) is 2. The molecule has 1 spiro atoms. The van der Waals surface area contributed by atoms with Gasteiger partial charge in [-0.05, 0) is 69.8 Å². The van der Waals surface area contributed by atoms with Gasteiger partial charge in [0.05, 0.1) is 11.1 Å². The van der Waals surface area contributed by atoms with E-state index < -0.39 is 5.60 Å². The highest BCUT2D eigenvalue weighted by atomic mass is 16.6. The highest BCUT2D eigenvalue weighted by molar-refractivity contribution is 5.97. The lowest BCUT2D eigenvalue weighted by Crippen LogP contribution is -2.38. The number of carbonyl (C=O) groups excluding carboxylic acids is 1. The van der Waals surface area contributed by atoms with E-state index in [1.54, 1.807) is 0 Å². The number of benzene rings is 4. The summed E-state index contributed by atoms with van der Waals surface area (Å²) in [5.74, 6) is 1.16. The Hall–Kier alpha value is -4.25. The number of hydrogen-bond acceptors (Lipinski definition) is 5. The number of fused-ring (bicyclic) bond motifs is 6. The van der Waals surface area contributed by atoms with Crippen molar-refractivity contribution in [3.05, 3.63) is 112 Å². The monoisotopic (exact) mass is 602 g/mol. The normalized spacial score (nSPS) is 17.3. The van der Waals surface area contributed by atoms with Crippen molar-refractivity contribution >= 4 is 23.0 Å². The van der Waals surface area contributed by atoms with Crippen LogP contribution in [0, 0.1) is 0 Å². The van der Waals surface area contributed by atoms with Gasteiger partial charge in [0.1, 0.15) is 11.5 Å². The summed E-state index contributed by atoms with van der Waals surface area (Å²) in [5, 5.41) is 3.56. The van der Waals surface area contributed by atoms with Gasteiger partial charge >= 0.3 is 5.97 Å². The van der Waals surface area contributed by atoms with Crippen molar-refractivity contribution in [2.75, 3.05) is 24.3 Å². The topological polar surface area (TPSA) is 50.8 Å². The lowest BCUT2D eigenvalue weighted by Gasteiger charge is -2.44. The van der Waals surface area contributed by atoms with Crippen LogP contribution in [0.2, 0.25) is 0 Å². The number of carbonyl (C=O) groups is 1. The zero-order valence-corrected chi connectivity index (χ0v) is 28.6. The number of hydrogen-bond donors (Lipinski definition) is 1. The highest BCUT2D eigenvalue weighted by Gasteiger charge is 2.56. The molecule has 6 rings (SSSR count). The highest BCUT2D eigenvalue weighted by Crippen LogP contribution is 2.61. The molecule has 1 atom stereocenters. The summed E-state index contributed by atoms with van der Waals surface area (Å²) in [6.45, 7) is 20.2. The Morgan fingerprint density at radius 2 is 1.31 bits per heavy atom. The summed E-state index contributed by atoms with van der Waals surface area (Å²) in [5.41, 5.74) is 7.89. The van der Waals surface area contributed by atoms with Crippen molar-refractivity contribution in [2.24, 2.45) is 0 Å². The molecule has 4 aromatic rings. The predicted octanol–water partition coefficient (Wildman–Crippen LogP) is 9.96. The zero-order chi connectivity index (χ0) is 32.7. The third kappa shape index (κ3) is 4.97. The number of anilines is 3. The Bertz CT molecular complexity index is 1810. The van der Waals surface area contributed by atoms with E-state index in [2.05, 4.69) is 115 Å². The third-order valence-electron chi connectivity index (χ3n) is 9.02. The van der Waals surface area contributed by atoms with E-state index in [9.17, 15) is 4.79 Å². The van der Waals surface area contributed by atoms with Crippen LogP contribution >= 0.6 is 0 Å². The SMILES string of the molecule is CN(C)c1ccc(Nc2ccc3c(c2)Oc2c(C(C)(C)C)c(C(C)(C)C)cc(C(C)(C)C)c2C32OC(=O)c3ccccc32)cc1. The minimum Gasteiger partial charge on any atom is -0.456 e. The fraction of sp³-hybridized carbons (Fsp3) is 0.375. The second-order valence-corrected chi connectivity index (χ2v) is 15.8. The Morgan fingerprint density at radius 3 is 1.91 bits per heavy atom. The minimum atomic E-state index is -1.15. The Kier molecular flexibility index (Phi) is 6.93. The Morgan fingerprint density at radius 1 is 0.689 bits per heavy atom. The van der Waals surface area contributed by atoms with E-state index in [4.69, 9.17) is 9.47 Å². The molecule has 2 aliphatic heterocycles. The number of rotatable bonds is 3. The smallest absolute Gasteiger partial charge is 0.340 e. The number of nitrogens with one attached hydrogen (secondary N) is 1. The van der Waals surface area contributed by atoms with Crippen molar-refractivity contribution in [3.63, 3.8) is 0 Å². The molecule has 0 fully saturated rings. The van der Waals surface area contributed by atoms with Crippen molar-refractivity contribution in [2.45, 2.75) is 84.2 Å². The molecular formula is C40H46N2O3. The van der Waals surface area contributed by atoms with E-state index in [1.165, 1.54) is 5.56 Å². The average molecular weight is 603 g/mol. The first-order chi connectivity index (χ1) is 20.9. The molecule has 2 heterocycles. The lowest BCUT2D eigenvalue weighted by molar-refractivity contribution is 0.0217. The summed E-state index contributed by atoms with van der Waals surface area (Å²) in [4.78, 5) is 15.8. The second kappa shape index (κ2) is 10.1. The molecule has 0 bridgehead atoms. The van der Waals surface area contributed by atoms with Crippen LogP contribution < -0.4 is 15.0 Å². The Balaban J connectivity index is 1.67. The quantitative estimate of drug-likeness (QED) is 0.237. The van der Waals surface area contributed by atoms with Crippen LogP contribution in [-0.4, -0.2) is 20.1 Å². The van der Waals surface area contributed by atoms with Gasteiger partial charge in [-0.2, -0.15) is 0 Å². The van der Waals surface area contributed by atoms with Crippen molar-refractivity contribution < 1.29 is 14.3 Å². The first kappa shape index (κ1) is 30.8. The number of esters is 1. The fourth-order valence-corrected chi connectivity index (χ4v) is 6.87. The van der Waals surface area contributed by atoms with E-state index in [1.807, 2.05) is 44.4 Å². The second-order valence-electron chi connectivity index (χ2n) is 15.8. The molecule has 1 unspecified atom stereocenters. The molecule has 0 saturated carbocycles. The lowest BCUT2D eigenvalue weighted by atomic mass is 9.65. The molecule has 5 nitrogen and oxygen atoms in total. The summed E-state index contributed by atoms with van der Waals surface area (Å²) in [6.07, 6.45) is 0. The van der Waals surface area contributed by atoms with E-state index in [0.717, 1.165) is 50.6 Å². The molecule has 0 saturated heterocycles.